The van der Waals surface area contributed by atoms with Crippen molar-refractivity contribution in [1.29, 1.82) is 0 Å². The lowest BCUT2D eigenvalue weighted by molar-refractivity contribution is -0.0269. The SMILES string of the molecule is COc1ccc(F)cc1[C@@H](C)S(=O)(=O)c1ccn2ncc(C3=NC(C)(C)ON3)c2n1. The van der Waals surface area contributed by atoms with Crippen LogP contribution in [-0.2, 0) is 14.7 Å². The van der Waals surface area contributed by atoms with Crippen LogP contribution in [0.5, 0.6) is 5.75 Å². The lowest BCUT2D eigenvalue weighted by Gasteiger charge is -2.16. The summed E-state index contributed by atoms with van der Waals surface area (Å²) in [5.74, 6) is 0.127. The van der Waals surface area contributed by atoms with E-state index in [4.69, 9.17) is 9.57 Å². The second kappa shape index (κ2) is 7.03. The number of aliphatic imine (C=N–C) groups is 1. The molecule has 0 fully saturated rings. The molecule has 0 spiro atoms. The van der Waals surface area contributed by atoms with E-state index >= 15 is 0 Å². The average molecular weight is 433 g/mol. The Hall–Kier alpha value is -3.05. The van der Waals surface area contributed by atoms with E-state index in [1.165, 1.54) is 49.1 Å². The van der Waals surface area contributed by atoms with Gasteiger partial charge >= 0.3 is 0 Å². The van der Waals surface area contributed by atoms with Gasteiger partial charge in [-0.25, -0.2) is 37.6 Å². The number of halogens is 1. The molecule has 158 valence electrons. The molecule has 3 aromatic rings. The predicted molar refractivity (Wildman–Crippen MR) is 106 cm³/mol. The van der Waals surface area contributed by atoms with E-state index in [0.717, 1.165) is 6.07 Å². The van der Waals surface area contributed by atoms with Crippen LogP contribution in [0.3, 0.4) is 0 Å². The molecule has 2 aromatic heterocycles. The molecule has 1 aliphatic rings. The Balaban J connectivity index is 1.79. The monoisotopic (exact) mass is 433 g/mol. The lowest BCUT2D eigenvalue weighted by Crippen LogP contribution is -2.23. The molecule has 0 radical (unpaired) electrons. The molecule has 11 heteroatoms. The first-order valence-electron chi connectivity index (χ1n) is 9.08. The molecule has 9 nitrogen and oxygen atoms in total. The molecule has 3 heterocycles. The summed E-state index contributed by atoms with van der Waals surface area (Å²) in [5, 5.41) is 2.93. The smallest absolute Gasteiger partial charge is 0.202 e. The van der Waals surface area contributed by atoms with Gasteiger partial charge in [0.1, 0.15) is 11.6 Å². The molecular formula is C19H20FN5O4S. The number of hydroxylamine groups is 1. The van der Waals surface area contributed by atoms with Crippen LogP contribution in [0.1, 0.15) is 37.1 Å². The maximum Gasteiger partial charge on any atom is 0.202 e. The lowest BCUT2D eigenvalue weighted by atomic mass is 10.1. The Morgan fingerprint density at radius 3 is 2.73 bits per heavy atom. The Bertz CT molecular complexity index is 1270. The number of benzene rings is 1. The topological polar surface area (TPSA) is 107 Å². The van der Waals surface area contributed by atoms with E-state index in [1.807, 2.05) is 0 Å². The highest BCUT2D eigenvalue weighted by Gasteiger charge is 2.31. The number of nitrogens with zero attached hydrogens (tertiary/aromatic N) is 4. The molecule has 0 saturated carbocycles. The largest absolute Gasteiger partial charge is 0.496 e. The summed E-state index contributed by atoms with van der Waals surface area (Å²) in [6.45, 7) is 5.01. The molecule has 30 heavy (non-hydrogen) atoms. The van der Waals surface area contributed by atoms with E-state index < -0.39 is 26.6 Å². The van der Waals surface area contributed by atoms with Crippen LogP contribution in [0.15, 0.2) is 46.7 Å². The van der Waals surface area contributed by atoms with Crippen LogP contribution < -0.4 is 10.2 Å². The number of aromatic nitrogens is 3. The summed E-state index contributed by atoms with van der Waals surface area (Å²) in [6.07, 6.45) is 3.02. The van der Waals surface area contributed by atoms with Crippen molar-refractivity contribution in [3.05, 3.63) is 53.6 Å². The van der Waals surface area contributed by atoms with Crippen LogP contribution in [0.4, 0.5) is 4.39 Å². The molecule has 1 aromatic carbocycles. The van der Waals surface area contributed by atoms with Gasteiger partial charge in [0.15, 0.2) is 22.2 Å². The Labute approximate surface area is 172 Å². The summed E-state index contributed by atoms with van der Waals surface area (Å²) < 4.78 is 47.0. The number of sulfone groups is 1. The quantitative estimate of drug-likeness (QED) is 0.616. The highest BCUT2D eigenvalue weighted by Crippen LogP contribution is 2.34. The second-order valence-corrected chi connectivity index (χ2v) is 9.49. The van der Waals surface area contributed by atoms with Crippen LogP contribution in [0.2, 0.25) is 0 Å². The minimum absolute atomic E-state index is 0.172. The number of rotatable bonds is 5. The zero-order valence-electron chi connectivity index (χ0n) is 16.7. The molecule has 0 aliphatic carbocycles. The van der Waals surface area contributed by atoms with Crippen molar-refractivity contribution in [3.63, 3.8) is 0 Å². The van der Waals surface area contributed by atoms with Gasteiger partial charge in [-0.05, 0) is 45.0 Å². The molecule has 1 N–H and O–H groups in total. The van der Waals surface area contributed by atoms with Gasteiger partial charge in [-0.3, -0.25) is 0 Å². The van der Waals surface area contributed by atoms with Gasteiger partial charge in [0, 0.05) is 11.8 Å². The van der Waals surface area contributed by atoms with Crippen molar-refractivity contribution in [2.24, 2.45) is 4.99 Å². The van der Waals surface area contributed by atoms with Crippen molar-refractivity contribution in [2.75, 3.05) is 7.11 Å². The van der Waals surface area contributed by atoms with Crippen LogP contribution >= 0.6 is 0 Å². The second-order valence-electron chi connectivity index (χ2n) is 7.28. The van der Waals surface area contributed by atoms with Gasteiger partial charge in [0.05, 0.1) is 24.1 Å². The summed E-state index contributed by atoms with van der Waals surface area (Å²) >= 11 is 0. The normalized spacial score (nSPS) is 16.9. The molecule has 1 atom stereocenters. The van der Waals surface area contributed by atoms with Crippen molar-refractivity contribution in [2.45, 2.75) is 36.8 Å². The molecule has 1 aliphatic heterocycles. The number of nitrogens with one attached hydrogen (secondary N) is 1. The number of hydrogen-bond acceptors (Lipinski definition) is 8. The number of fused-ring (bicyclic) bond motifs is 1. The fourth-order valence-corrected chi connectivity index (χ4v) is 4.50. The van der Waals surface area contributed by atoms with Crippen molar-refractivity contribution < 1.29 is 22.4 Å². The fourth-order valence-electron chi connectivity index (χ4n) is 3.15. The van der Waals surface area contributed by atoms with Crippen molar-refractivity contribution >= 4 is 21.3 Å². The van der Waals surface area contributed by atoms with Gasteiger partial charge in [-0.15, -0.1) is 0 Å². The molecule has 0 saturated heterocycles. The fraction of sp³-hybridized carbons (Fsp3) is 0.316. The van der Waals surface area contributed by atoms with Crippen molar-refractivity contribution in [1.82, 2.24) is 20.1 Å². The summed E-state index contributed by atoms with van der Waals surface area (Å²) in [4.78, 5) is 14.1. The first-order valence-corrected chi connectivity index (χ1v) is 10.6. The summed E-state index contributed by atoms with van der Waals surface area (Å²) in [5.41, 5.74) is 2.95. The average Bonchev–Trinajstić information content (AvgIpc) is 3.29. The number of amidine groups is 1. The van der Waals surface area contributed by atoms with Gasteiger partial charge in [0.2, 0.25) is 9.84 Å². The zero-order chi connectivity index (χ0) is 21.7. The molecule has 0 amide bonds. The third kappa shape index (κ3) is 3.39. The van der Waals surface area contributed by atoms with E-state index in [1.54, 1.807) is 13.8 Å². The minimum atomic E-state index is -3.96. The maximum atomic E-state index is 13.8. The van der Waals surface area contributed by atoms with Gasteiger partial charge in [-0.2, -0.15) is 5.10 Å². The van der Waals surface area contributed by atoms with Crippen molar-refractivity contribution in [3.8, 4) is 5.75 Å². The molecule has 4 rings (SSSR count). The number of hydrogen-bond donors (Lipinski definition) is 1. The molecule has 0 bridgehead atoms. The number of methoxy groups -OCH3 is 1. The summed E-state index contributed by atoms with van der Waals surface area (Å²) in [6, 6.07) is 5.11. The van der Waals surface area contributed by atoms with Crippen LogP contribution in [0, 0.1) is 5.82 Å². The third-order valence-electron chi connectivity index (χ3n) is 4.76. The molecule has 0 unspecified atom stereocenters. The predicted octanol–water partition coefficient (Wildman–Crippen LogP) is 2.43. The van der Waals surface area contributed by atoms with Gasteiger partial charge in [-0.1, -0.05) is 0 Å². The van der Waals surface area contributed by atoms with E-state index in [0.29, 0.717) is 17.0 Å². The van der Waals surface area contributed by atoms with Crippen LogP contribution in [0.25, 0.3) is 5.65 Å². The highest BCUT2D eigenvalue weighted by molar-refractivity contribution is 7.91. The Kier molecular flexibility index (Phi) is 4.74. The minimum Gasteiger partial charge on any atom is -0.496 e. The maximum absolute atomic E-state index is 13.8. The van der Waals surface area contributed by atoms with Gasteiger partial charge < -0.3 is 4.74 Å². The highest BCUT2D eigenvalue weighted by atomic mass is 32.2. The zero-order valence-corrected chi connectivity index (χ0v) is 17.6. The van der Waals surface area contributed by atoms with E-state index in [9.17, 15) is 12.8 Å². The van der Waals surface area contributed by atoms with Crippen LogP contribution in [-0.4, -0.2) is 41.7 Å². The Morgan fingerprint density at radius 1 is 1.30 bits per heavy atom. The first-order chi connectivity index (χ1) is 14.1. The molecular weight excluding hydrogens is 413 g/mol. The Morgan fingerprint density at radius 2 is 2.07 bits per heavy atom. The van der Waals surface area contributed by atoms with Gasteiger partial charge in [0.25, 0.3) is 0 Å². The number of ether oxygens (including phenoxy) is 1. The summed E-state index contributed by atoms with van der Waals surface area (Å²) in [7, 11) is -2.56. The van der Waals surface area contributed by atoms with E-state index in [-0.39, 0.29) is 16.3 Å². The van der Waals surface area contributed by atoms with E-state index in [2.05, 4.69) is 20.6 Å². The third-order valence-corrected chi connectivity index (χ3v) is 6.76. The standard InChI is InChI=1S/C19H20FN5O4S/c1-11(13-9-12(20)5-6-15(13)28-4)30(26,27)16-7-8-25-18(22-16)14(10-21-25)17-23-19(2,3)29-24-17/h5-11H,1-4H3,(H,23,24)/t11-/m1/s1. The first kappa shape index (κ1) is 20.2.